The van der Waals surface area contributed by atoms with Crippen LogP contribution in [0.2, 0.25) is 0 Å². The third-order valence-electron chi connectivity index (χ3n) is 4.20. The first kappa shape index (κ1) is 14.6. The van der Waals surface area contributed by atoms with E-state index in [1.807, 2.05) is 31.3 Å². The van der Waals surface area contributed by atoms with Crippen molar-refractivity contribution < 1.29 is 4.79 Å². The zero-order valence-corrected chi connectivity index (χ0v) is 13.4. The maximum atomic E-state index is 13.0. The first-order valence-electron chi connectivity index (χ1n) is 7.94. The molecule has 0 saturated carbocycles. The van der Waals surface area contributed by atoms with Gasteiger partial charge in [0.2, 0.25) is 0 Å². The summed E-state index contributed by atoms with van der Waals surface area (Å²) in [5.41, 5.74) is 2.23. The number of para-hydroxylation sites is 2. The van der Waals surface area contributed by atoms with Crippen LogP contribution in [0, 0.1) is 0 Å². The van der Waals surface area contributed by atoms with Crippen molar-refractivity contribution in [1.82, 2.24) is 15.0 Å². The molecule has 0 bridgehead atoms. The van der Waals surface area contributed by atoms with Gasteiger partial charge in [0.1, 0.15) is 0 Å². The molecule has 0 aliphatic carbocycles. The van der Waals surface area contributed by atoms with Crippen molar-refractivity contribution in [3.63, 3.8) is 0 Å². The second-order valence-corrected chi connectivity index (χ2v) is 5.83. The summed E-state index contributed by atoms with van der Waals surface area (Å²) in [4.78, 5) is 30.2. The highest BCUT2D eigenvalue weighted by Crippen LogP contribution is 2.30. The molecule has 6 nitrogen and oxygen atoms in total. The Bertz CT molecular complexity index is 896. The fraction of sp³-hybridized carbons (Fsp3) is 0.222. The zero-order valence-electron chi connectivity index (χ0n) is 13.4. The highest BCUT2D eigenvalue weighted by molar-refractivity contribution is 6.07. The molecule has 1 aliphatic rings. The van der Waals surface area contributed by atoms with Crippen LogP contribution in [0.4, 0.5) is 11.6 Å². The van der Waals surface area contributed by atoms with E-state index in [0.29, 0.717) is 17.9 Å². The largest absolute Gasteiger partial charge is 0.357 e. The summed E-state index contributed by atoms with van der Waals surface area (Å²) < 4.78 is 0. The second kappa shape index (κ2) is 5.88. The molecular weight excluding hydrogens is 302 g/mol. The predicted octanol–water partition coefficient (Wildman–Crippen LogP) is 2.51. The predicted molar refractivity (Wildman–Crippen MR) is 93.3 cm³/mol. The first-order valence-corrected chi connectivity index (χ1v) is 7.94. The number of carbonyl (C=O) groups is 1. The van der Waals surface area contributed by atoms with Gasteiger partial charge in [-0.2, -0.15) is 0 Å². The van der Waals surface area contributed by atoms with Crippen LogP contribution in [-0.2, 0) is 0 Å². The Kier molecular flexibility index (Phi) is 3.57. The van der Waals surface area contributed by atoms with Crippen molar-refractivity contribution in [2.75, 3.05) is 29.9 Å². The Morgan fingerprint density at radius 2 is 1.62 bits per heavy atom. The molecule has 0 spiro atoms. The average molecular weight is 319 g/mol. The summed E-state index contributed by atoms with van der Waals surface area (Å²) in [5.74, 6) is 1.29. The van der Waals surface area contributed by atoms with Crippen molar-refractivity contribution in [3.8, 4) is 0 Å². The molecule has 0 unspecified atom stereocenters. The Balaban J connectivity index is 1.86. The number of pyridine rings is 1. The molecule has 2 aromatic heterocycles. The van der Waals surface area contributed by atoms with E-state index < -0.39 is 0 Å². The van der Waals surface area contributed by atoms with E-state index in [2.05, 4.69) is 9.88 Å². The van der Waals surface area contributed by atoms with Gasteiger partial charge in [-0.3, -0.25) is 14.7 Å². The van der Waals surface area contributed by atoms with Gasteiger partial charge in [-0.25, -0.2) is 9.97 Å². The van der Waals surface area contributed by atoms with Crippen LogP contribution in [0.15, 0.2) is 48.8 Å². The van der Waals surface area contributed by atoms with Crippen LogP contribution < -0.4 is 9.80 Å². The number of benzene rings is 1. The Hall–Kier alpha value is -3.02. The molecule has 4 rings (SSSR count). The normalized spacial score (nSPS) is 14.4. The van der Waals surface area contributed by atoms with Crippen LogP contribution in [0.1, 0.15) is 16.8 Å². The molecule has 0 saturated heterocycles. The molecule has 1 amide bonds. The number of rotatable bonds is 1. The minimum absolute atomic E-state index is 0.0708. The van der Waals surface area contributed by atoms with E-state index >= 15 is 0 Å². The summed E-state index contributed by atoms with van der Waals surface area (Å²) >= 11 is 0. The van der Waals surface area contributed by atoms with Crippen molar-refractivity contribution in [3.05, 3.63) is 54.4 Å². The summed E-state index contributed by atoms with van der Waals surface area (Å²) in [6, 6.07) is 11.2. The molecule has 3 heterocycles. The Morgan fingerprint density at radius 1 is 0.958 bits per heavy atom. The maximum Gasteiger partial charge on any atom is 0.259 e. The van der Waals surface area contributed by atoms with Crippen LogP contribution >= 0.6 is 0 Å². The van der Waals surface area contributed by atoms with Gasteiger partial charge in [0.15, 0.2) is 11.6 Å². The van der Waals surface area contributed by atoms with Crippen LogP contribution in [0.3, 0.4) is 0 Å². The summed E-state index contributed by atoms with van der Waals surface area (Å²) in [5, 5.41) is 0. The molecule has 3 aromatic rings. The average Bonchev–Trinajstić information content (AvgIpc) is 2.79. The Morgan fingerprint density at radius 3 is 2.33 bits per heavy atom. The SMILES string of the molecule is CN1CCCN(C(=O)c2ccncc2)c2nc3ccccc3nc21. The van der Waals surface area contributed by atoms with Crippen LogP contribution in [0.5, 0.6) is 0 Å². The van der Waals surface area contributed by atoms with Crippen molar-refractivity contribution in [1.29, 1.82) is 0 Å². The van der Waals surface area contributed by atoms with E-state index in [1.165, 1.54) is 0 Å². The van der Waals surface area contributed by atoms with E-state index in [1.54, 1.807) is 29.4 Å². The molecule has 0 atom stereocenters. The topological polar surface area (TPSA) is 62.2 Å². The van der Waals surface area contributed by atoms with E-state index in [0.717, 1.165) is 29.8 Å². The number of amides is 1. The number of aromatic nitrogens is 3. The molecule has 0 fully saturated rings. The zero-order chi connectivity index (χ0) is 16.5. The van der Waals surface area contributed by atoms with Crippen molar-refractivity contribution >= 4 is 28.6 Å². The van der Waals surface area contributed by atoms with Crippen molar-refractivity contribution in [2.45, 2.75) is 6.42 Å². The summed E-state index contributed by atoms with van der Waals surface area (Å²) in [6.07, 6.45) is 4.12. The lowest BCUT2D eigenvalue weighted by atomic mass is 10.2. The van der Waals surface area contributed by atoms with Gasteiger partial charge in [-0.15, -0.1) is 0 Å². The second-order valence-electron chi connectivity index (χ2n) is 5.83. The van der Waals surface area contributed by atoms with E-state index in [-0.39, 0.29) is 5.91 Å². The molecule has 1 aliphatic heterocycles. The Labute approximate surface area is 139 Å². The molecule has 1 aromatic carbocycles. The smallest absolute Gasteiger partial charge is 0.259 e. The van der Waals surface area contributed by atoms with Gasteiger partial charge in [0.25, 0.3) is 5.91 Å². The quantitative estimate of drug-likeness (QED) is 0.689. The summed E-state index contributed by atoms with van der Waals surface area (Å²) in [7, 11) is 1.99. The molecule has 0 N–H and O–H groups in total. The van der Waals surface area contributed by atoms with Gasteiger partial charge in [0, 0.05) is 38.1 Å². The fourth-order valence-corrected chi connectivity index (χ4v) is 2.94. The third-order valence-corrected chi connectivity index (χ3v) is 4.20. The van der Waals surface area contributed by atoms with Crippen LogP contribution in [0.25, 0.3) is 11.0 Å². The molecule has 6 heteroatoms. The number of nitrogens with zero attached hydrogens (tertiary/aromatic N) is 5. The first-order chi connectivity index (χ1) is 11.7. The number of carbonyl (C=O) groups excluding carboxylic acids is 1. The molecule has 24 heavy (non-hydrogen) atoms. The number of hydrogen-bond donors (Lipinski definition) is 0. The number of hydrogen-bond acceptors (Lipinski definition) is 5. The van der Waals surface area contributed by atoms with E-state index in [4.69, 9.17) is 9.97 Å². The van der Waals surface area contributed by atoms with Gasteiger partial charge >= 0.3 is 0 Å². The lowest BCUT2D eigenvalue weighted by molar-refractivity contribution is 0.0986. The highest BCUT2D eigenvalue weighted by atomic mass is 16.2. The van der Waals surface area contributed by atoms with Gasteiger partial charge in [0.05, 0.1) is 11.0 Å². The fourth-order valence-electron chi connectivity index (χ4n) is 2.94. The lowest BCUT2D eigenvalue weighted by Gasteiger charge is -2.22. The minimum Gasteiger partial charge on any atom is -0.357 e. The highest BCUT2D eigenvalue weighted by Gasteiger charge is 2.27. The van der Waals surface area contributed by atoms with E-state index in [9.17, 15) is 4.79 Å². The third kappa shape index (κ3) is 2.46. The maximum absolute atomic E-state index is 13.0. The van der Waals surface area contributed by atoms with Gasteiger partial charge in [-0.1, -0.05) is 12.1 Å². The van der Waals surface area contributed by atoms with Gasteiger partial charge in [-0.05, 0) is 30.7 Å². The number of anilines is 2. The lowest BCUT2D eigenvalue weighted by Crippen LogP contribution is -2.32. The van der Waals surface area contributed by atoms with Crippen molar-refractivity contribution in [2.24, 2.45) is 0 Å². The van der Waals surface area contributed by atoms with Gasteiger partial charge < -0.3 is 4.90 Å². The number of fused-ring (bicyclic) bond motifs is 2. The standard InChI is InChI=1S/C18H17N5O/c1-22-11-4-12-23(18(24)13-7-9-19-10-8-13)17-16(22)20-14-5-2-3-6-15(14)21-17/h2-3,5-10H,4,11-12H2,1H3. The summed E-state index contributed by atoms with van der Waals surface area (Å²) in [6.45, 7) is 1.45. The monoisotopic (exact) mass is 319 g/mol. The molecular formula is C18H17N5O. The minimum atomic E-state index is -0.0708. The van der Waals surface area contributed by atoms with Crippen LogP contribution in [-0.4, -0.2) is 41.0 Å². The molecule has 0 radical (unpaired) electrons. The molecule has 120 valence electrons.